The van der Waals surface area contributed by atoms with Crippen molar-refractivity contribution in [1.82, 2.24) is 34.8 Å². The predicted molar refractivity (Wildman–Crippen MR) is 223 cm³/mol. The van der Waals surface area contributed by atoms with Crippen molar-refractivity contribution in [2.75, 3.05) is 57.7 Å². The Morgan fingerprint density at radius 1 is 0.768 bits per heavy atom. The molecule has 10 rings (SSSR count). The van der Waals surface area contributed by atoms with Crippen LogP contribution in [0.5, 0.6) is 17.2 Å². The van der Waals surface area contributed by atoms with E-state index in [-0.39, 0.29) is 0 Å². The molecule has 13 heteroatoms. The SMILES string of the molecule is COc1ccc(Cn2cc3c(n2)c(Cl)nc2cccc(OC)c23)cc1.COc1cccc2nc(Nc3ccc(N4CCN(C5CC5)CC4)cc3)c3[nH]ncc3c12. The van der Waals surface area contributed by atoms with E-state index in [0.717, 1.165) is 91.5 Å². The highest BCUT2D eigenvalue weighted by Crippen LogP contribution is 2.36. The molecule has 1 saturated heterocycles. The number of aromatic nitrogens is 6. The second kappa shape index (κ2) is 15.2. The Labute approximate surface area is 328 Å². The number of ether oxygens (including phenoxy) is 3. The van der Waals surface area contributed by atoms with Crippen LogP contribution in [0.15, 0.2) is 97.3 Å². The molecule has 4 aromatic carbocycles. The summed E-state index contributed by atoms with van der Waals surface area (Å²) < 4.78 is 18.1. The molecule has 0 amide bonds. The molecule has 0 unspecified atom stereocenters. The van der Waals surface area contributed by atoms with Crippen molar-refractivity contribution in [1.29, 1.82) is 0 Å². The Hall–Kier alpha value is -6.11. The number of halogens is 1. The van der Waals surface area contributed by atoms with Crippen molar-refractivity contribution < 1.29 is 14.2 Å². The molecule has 1 aliphatic heterocycles. The summed E-state index contributed by atoms with van der Waals surface area (Å²) in [6.07, 6.45) is 6.59. The summed E-state index contributed by atoms with van der Waals surface area (Å²) >= 11 is 6.34. The van der Waals surface area contributed by atoms with E-state index in [9.17, 15) is 0 Å². The largest absolute Gasteiger partial charge is 0.497 e. The highest BCUT2D eigenvalue weighted by atomic mass is 35.5. The Morgan fingerprint density at radius 2 is 1.45 bits per heavy atom. The van der Waals surface area contributed by atoms with Gasteiger partial charge in [0, 0.05) is 60.6 Å². The predicted octanol–water partition coefficient (Wildman–Crippen LogP) is 8.45. The van der Waals surface area contributed by atoms with Gasteiger partial charge in [-0.25, -0.2) is 9.97 Å². The number of nitrogens with zero attached hydrogens (tertiary/aromatic N) is 7. The van der Waals surface area contributed by atoms with Crippen molar-refractivity contribution in [3.63, 3.8) is 0 Å². The Balaban J connectivity index is 0.000000150. The molecule has 5 heterocycles. The number of anilines is 3. The molecular formula is C43H42ClN9O3. The van der Waals surface area contributed by atoms with Crippen LogP contribution in [-0.2, 0) is 6.54 Å². The fraction of sp³-hybridized carbons (Fsp3) is 0.256. The molecule has 284 valence electrons. The summed E-state index contributed by atoms with van der Waals surface area (Å²) in [6.45, 7) is 5.18. The summed E-state index contributed by atoms with van der Waals surface area (Å²) in [7, 11) is 4.99. The van der Waals surface area contributed by atoms with Crippen LogP contribution >= 0.6 is 11.6 Å². The number of hydrogen-bond donors (Lipinski definition) is 2. The number of methoxy groups -OCH3 is 3. The lowest BCUT2D eigenvalue weighted by molar-refractivity contribution is 0.248. The van der Waals surface area contributed by atoms with E-state index in [1.54, 1.807) is 21.3 Å². The molecule has 2 fully saturated rings. The van der Waals surface area contributed by atoms with Gasteiger partial charge in [-0.2, -0.15) is 10.2 Å². The van der Waals surface area contributed by atoms with Crippen LogP contribution in [-0.4, -0.2) is 88.4 Å². The van der Waals surface area contributed by atoms with E-state index in [1.807, 2.05) is 77.7 Å². The molecule has 0 bridgehead atoms. The molecule has 56 heavy (non-hydrogen) atoms. The third-order valence-corrected chi connectivity index (χ3v) is 10.9. The van der Waals surface area contributed by atoms with Crippen molar-refractivity contribution in [3.8, 4) is 17.2 Å². The summed E-state index contributed by atoms with van der Waals surface area (Å²) in [5.41, 5.74) is 6.62. The van der Waals surface area contributed by atoms with Gasteiger partial charge in [0.25, 0.3) is 0 Å². The first-order chi connectivity index (χ1) is 27.5. The Morgan fingerprint density at radius 3 is 2.11 bits per heavy atom. The monoisotopic (exact) mass is 767 g/mol. The number of H-pyrrole nitrogens is 1. The zero-order chi connectivity index (χ0) is 38.2. The van der Waals surface area contributed by atoms with Gasteiger partial charge in [0.1, 0.15) is 28.3 Å². The molecule has 0 spiro atoms. The molecule has 4 aromatic heterocycles. The lowest BCUT2D eigenvalue weighted by Gasteiger charge is -2.36. The average Bonchev–Trinajstić information content (AvgIpc) is 3.81. The highest BCUT2D eigenvalue weighted by Gasteiger charge is 2.31. The first kappa shape index (κ1) is 35.6. The minimum atomic E-state index is 0.393. The number of hydrogen-bond acceptors (Lipinski definition) is 10. The van der Waals surface area contributed by atoms with Crippen molar-refractivity contribution in [2.24, 2.45) is 0 Å². The maximum Gasteiger partial charge on any atom is 0.157 e. The molecule has 1 aliphatic carbocycles. The fourth-order valence-electron chi connectivity index (χ4n) is 7.62. The number of rotatable bonds is 9. The summed E-state index contributed by atoms with van der Waals surface area (Å²) in [6, 6.07) is 29.1. The lowest BCUT2D eigenvalue weighted by Crippen LogP contribution is -2.47. The van der Waals surface area contributed by atoms with E-state index in [1.165, 1.54) is 31.6 Å². The molecule has 0 atom stereocenters. The molecule has 1 saturated carbocycles. The van der Waals surface area contributed by atoms with Crippen molar-refractivity contribution >= 4 is 72.4 Å². The van der Waals surface area contributed by atoms with E-state index < -0.39 is 0 Å². The smallest absolute Gasteiger partial charge is 0.157 e. The van der Waals surface area contributed by atoms with Gasteiger partial charge in [0.15, 0.2) is 11.0 Å². The normalized spacial score (nSPS) is 14.6. The number of fused-ring (bicyclic) bond motifs is 6. The quantitative estimate of drug-likeness (QED) is 0.139. The third kappa shape index (κ3) is 6.97. The van der Waals surface area contributed by atoms with Crippen LogP contribution in [0, 0.1) is 0 Å². The minimum Gasteiger partial charge on any atom is -0.497 e. The second-order valence-corrected chi connectivity index (χ2v) is 14.5. The van der Waals surface area contributed by atoms with Crippen LogP contribution in [0.25, 0.3) is 43.6 Å². The molecule has 2 aliphatic rings. The van der Waals surface area contributed by atoms with Crippen molar-refractivity contribution in [3.05, 3.63) is 108 Å². The van der Waals surface area contributed by atoms with Gasteiger partial charge >= 0.3 is 0 Å². The van der Waals surface area contributed by atoms with Crippen LogP contribution < -0.4 is 24.4 Å². The lowest BCUT2D eigenvalue weighted by atomic mass is 10.1. The molecule has 12 nitrogen and oxygen atoms in total. The third-order valence-electron chi connectivity index (χ3n) is 10.6. The molecule has 0 radical (unpaired) electrons. The number of pyridine rings is 2. The topological polar surface area (TPSA) is 118 Å². The van der Waals surface area contributed by atoms with Crippen LogP contribution in [0.3, 0.4) is 0 Å². The summed E-state index contributed by atoms with van der Waals surface area (Å²) in [5.74, 6) is 3.15. The van der Waals surface area contributed by atoms with E-state index in [0.29, 0.717) is 17.2 Å². The zero-order valence-corrected chi connectivity index (χ0v) is 32.3. The average molecular weight is 768 g/mol. The maximum atomic E-state index is 6.34. The van der Waals surface area contributed by atoms with Gasteiger partial charge in [-0.3, -0.25) is 14.7 Å². The van der Waals surface area contributed by atoms with E-state index >= 15 is 0 Å². The van der Waals surface area contributed by atoms with Gasteiger partial charge in [-0.1, -0.05) is 35.9 Å². The maximum absolute atomic E-state index is 6.34. The number of nitrogens with one attached hydrogen (secondary N) is 2. The summed E-state index contributed by atoms with van der Waals surface area (Å²) in [4.78, 5) is 14.4. The van der Waals surface area contributed by atoms with Gasteiger partial charge in [-0.15, -0.1) is 0 Å². The Bertz CT molecular complexity index is 2650. The Kier molecular flexibility index (Phi) is 9.66. The number of piperazine rings is 1. The molecule has 8 aromatic rings. The van der Waals surface area contributed by atoms with Gasteiger partial charge in [0.2, 0.25) is 0 Å². The van der Waals surface area contributed by atoms with Crippen LogP contribution in [0.2, 0.25) is 5.15 Å². The molecule has 2 N–H and O–H groups in total. The highest BCUT2D eigenvalue weighted by molar-refractivity contribution is 6.35. The summed E-state index contributed by atoms with van der Waals surface area (Å²) in [5, 5.41) is 19.6. The van der Waals surface area contributed by atoms with Gasteiger partial charge in [-0.05, 0) is 79.1 Å². The van der Waals surface area contributed by atoms with Gasteiger partial charge < -0.3 is 24.4 Å². The first-order valence-electron chi connectivity index (χ1n) is 18.8. The van der Waals surface area contributed by atoms with Crippen LogP contribution in [0.1, 0.15) is 18.4 Å². The first-order valence-corrected chi connectivity index (χ1v) is 19.2. The standard InChI is InChI=1S/C24H26N6O.C19H16ClN3O2/c1-31-21-4-2-3-20-22(21)19-15-25-28-23(19)24(27-20)26-16-5-7-17(8-6-16)29-11-13-30(14-12-29)18-9-10-18;1-24-13-8-6-12(7-9-13)10-23-11-14-17-15(4-3-5-16(17)25-2)21-19(20)18(14)22-23/h2-8,15,18H,9-14H2,1H3,(H,25,28)(H,26,27);3-9,11H,10H2,1-2H3. The number of benzene rings is 4. The van der Waals surface area contributed by atoms with E-state index in [4.69, 9.17) is 30.8 Å². The van der Waals surface area contributed by atoms with Crippen molar-refractivity contribution in [2.45, 2.75) is 25.4 Å². The zero-order valence-electron chi connectivity index (χ0n) is 31.5. The van der Waals surface area contributed by atoms with Crippen LogP contribution in [0.4, 0.5) is 17.2 Å². The molecular weight excluding hydrogens is 726 g/mol. The van der Waals surface area contributed by atoms with Gasteiger partial charge in [0.05, 0.1) is 55.9 Å². The number of aromatic amines is 1. The van der Waals surface area contributed by atoms with E-state index in [2.05, 4.69) is 59.7 Å². The fourth-order valence-corrected chi connectivity index (χ4v) is 7.85. The second-order valence-electron chi connectivity index (χ2n) is 14.1. The minimum absolute atomic E-state index is 0.393.